The average Bonchev–Trinajstić information content (AvgIpc) is 2.33. The number of halogens is 2. The molecule has 0 atom stereocenters. The summed E-state index contributed by atoms with van der Waals surface area (Å²) in [5.41, 5.74) is 0.351. The third kappa shape index (κ3) is 7.16. The molecule has 2 amide bonds. The molecule has 114 valence electrons. The Labute approximate surface area is 134 Å². The fourth-order valence-corrected chi connectivity index (χ4v) is 1.96. The summed E-state index contributed by atoms with van der Waals surface area (Å²) in [5, 5.41) is 6.23. The molecule has 0 bridgehead atoms. The molecule has 1 aromatic rings. The van der Waals surface area contributed by atoms with Crippen LogP contribution in [0.4, 0.5) is 0 Å². The topological polar surface area (TPSA) is 58.2 Å². The van der Waals surface area contributed by atoms with E-state index in [1.807, 2.05) is 20.8 Å². The van der Waals surface area contributed by atoms with Gasteiger partial charge >= 0.3 is 0 Å². The van der Waals surface area contributed by atoms with Crippen molar-refractivity contribution in [1.82, 2.24) is 10.6 Å². The summed E-state index contributed by atoms with van der Waals surface area (Å²) < 4.78 is 0. The van der Waals surface area contributed by atoms with E-state index in [9.17, 15) is 9.59 Å². The zero-order valence-electron chi connectivity index (χ0n) is 12.2. The number of carbonyl (C=O) groups excluding carboxylic acids is 2. The maximum atomic E-state index is 11.6. The molecule has 0 aliphatic rings. The molecule has 0 aliphatic carbocycles. The van der Waals surface area contributed by atoms with Gasteiger partial charge in [-0.3, -0.25) is 9.59 Å². The fraction of sp³-hybridized carbons (Fsp3) is 0.333. The molecule has 0 saturated heterocycles. The second-order valence-corrected chi connectivity index (χ2v) is 6.36. The molecule has 0 spiro atoms. The van der Waals surface area contributed by atoms with Crippen molar-refractivity contribution in [3.8, 4) is 0 Å². The molecule has 0 heterocycles. The van der Waals surface area contributed by atoms with Crippen LogP contribution >= 0.6 is 23.2 Å². The zero-order chi connectivity index (χ0) is 16.0. The van der Waals surface area contributed by atoms with Gasteiger partial charge < -0.3 is 10.6 Å². The summed E-state index contributed by atoms with van der Waals surface area (Å²) in [4.78, 5) is 23.2. The Morgan fingerprint density at radius 1 is 1.24 bits per heavy atom. The highest BCUT2D eigenvalue weighted by molar-refractivity contribution is 6.35. The van der Waals surface area contributed by atoms with Gasteiger partial charge in [0.2, 0.25) is 11.8 Å². The lowest BCUT2D eigenvalue weighted by atomic mass is 10.1. The molecule has 0 saturated carbocycles. The minimum absolute atomic E-state index is 0.0746. The molecule has 4 nitrogen and oxygen atoms in total. The van der Waals surface area contributed by atoms with Gasteiger partial charge in [0.15, 0.2) is 0 Å². The monoisotopic (exact) mass is 328 g/mol. The molecular weight excluding hydrogens is 311 g/mol. The Hall–Kier alpha value is -1.52. The van der Waals surface area contributed by atoms with E-state index in [2.05, 4.69) is 10.6 Å². The van der Waals surface area contributed by atoms with Gasteiger partial charge in [0, 0.05) is 21.7 Å². The van der Waals surface area contributed by atoms with Crippen molar-refractivity contribution in [2.75, 3.05) is 6.54 Å². The summed E-state index contributed by atoms with van der Waals surface area (Å²) >= 11 is 11.8. The van der Waals surface area contributed by atoms with Crippen LogP contribution in [-0.4, -0.2) is 23.9 Å². The number of amides is 2. The molecule has 0 radical (unpaired) electrons. The molecule has 1 aromatic carbocycles. The third-order valence-corrected chi connectivity index (χ3v) is 2.88. The molecule has 0 unspecified atom stereocenters. The van der Waals surface area contributed by atoms with Crippen molar-refractivity contribution >= 4 is 41.1 Å². The van der Waals surface area contributed by atoms with Gasteiger partial charge in [0.05, 0.1) is 6.54 Å². The van der Waals surface area contributed by atoms with Crippen LogP contribution in [0.5, 0.6) is 0 Å². The molecule has 1 rings (SSSR count). The van der Waals surface area contributed by atoms with E-state index >= 15 is 0 Å². The molecule has 0 aliphatic heterocycles. The van der Waals surface area contributed by atoms with E-state index in [1.165, 1.54) is 6.08 Å². The van der Waals surface area contributed by atoms with Crippen LogP contribution in [-0.2, 0) is 9.59 Å². The molecular formula is C15H18Cl2N2O2. The Balaban J connectivity index is 2.50. The van der Waals surface area contributed by atoms with Crippen LogP contribution in [0.2, 0.25) is 10.0 Å². The number of nitrogens with one attached hydrogen (secondary N) is 2. The Morgan fingerprint density at radius 2 is 1.90 bits per heavy atom. The maximum Gasteiger partial charge on any atom is 0.244 e. The highest BCUT2D eigenvalue weighted by atomic mass is 35.5. The van der Waals surface area contributed by atoms with E-state index in [4.69, 9.17) is 23.2 Å². The SMILES string of the molecule is CC(C)(C)NC(=O)CNC(=O)/C=C/c1ccc(Cl)cc1Cl. The number of carbonyl (C=O) groups is 2. The molecule has 2 N–H and O–H groups in total. The van der Waals surface area contributed by atoms with Crippen molar-refractivity contribution in [2.45, 2.75) is 26.3 Å². The lowest BCUT2D eigenvalue weighted by Gasteiger charge is -2.20. The molecule has 0 aromatic heterocycles. The standard InChI is InChI=1S/C15H18Cl2N2O2/c1-15(2,3)19-14(21)9-18-13(20)7-5-10-4-6-11(16)8-12(10)17/h4-8H,9H2,1-3H3,(H,18,20)(H,19,21)/b7-5+. The van der Waals surface area contributed by atoms with Crippen LogP contribution in [0.25, 0.3) is 6.08 Å². The van der Waals surface area contributed by atoms with Gasteiger partial charge in [-0.1, -0.05) is 29.3 Å². The summed E-state index contributed by atoms with van der Waals surface area (Å²) in [6.45, 7) is 5.54. The van der Waals surface area contributed by atoms with Crippen molar-refractivity contribution < 1.29 is 9.59 Å². The minimum Gasteiger partial charge on any atom is -0.350 e. The highest BCUT2D eigenvalue weighted by Crippen LogP contribution is 2.21. The summed E-state index contributed by atoms with van der Waals surface area (Å²) in [5.74, 6) is -0.612. The van der Waals surface area contributed by atoms with E-state index < -0.39 is 0 Å². The molecule has 0 fully saturated rings. The molecule has 21 heavy (non-hydrogen) atoms. The van der Waals surface area contributed by atoms with Gasteiger partial charge in [0.25, 0.3) is 0 Å². The van der Waals surface area contributed by atoms with Crippen LogP contribution in [0.3, 0.4) is 0 Å². The minimum atomic E-state index is -0.370. The van der Waals surface area contributed by atoms with Gasteiger partial charge in [-0.2, -0.15) is 0 Å². The summed E-state index contributed by atoms with van der Waals surface area (Å²) in [7, 11) is 0. The number of benzene rings is 1. The first-order valence-electron chi connectivity index (χ1n) is 6.39. The Bertz CT molecular complexity index is 563. The van der Waals surface area contributed by atoms with Crippen LogP contribution in [0.1, 0.15) is 26.3 Å². The lowest BCUT2D eigenvalue weighted by Crippen LogP contribution is -2.45. The summed E-state index contributed by atoms with van der Waals surface area (Å²) in [6, 6.07) is 4.99. The second-order valence-electron chi connectivity index (χ2n) is 5.52. The van der Waals surface area contributed by atoms with Crippen LogP contribution in [0.15, 0.2) is 24.3 Å². The molecule has 6 heteroatoms. The number of hydrogen-bond acceptors (Lipinski definition) is 2. The van der Waals surface area contributed by atoms with Crippen molar-refractivity contribution in [1.29, 1.82) is 0 Å². The number of rotatable bonds is 4. The van der Waals surface area contributed by atoms with Crippen molar-refractivity contribution in [3.05, 3.63) is 39.9 Å². The van der Waals surface area contributed by atoms with E-state index in [1.54, 1.807) is 24.3 Å². The van der Waals surface area contributed by atoms with Crippen molar-refractivity contribution in [2.24, 2.45) is 0 Å². The second kappa shape index (κ2) is 7.48. The lowest BCUT2D eigenvalue weighted by molar-refractivity contribution is -0.124. The normalized spacial score (nSPS) is 11.5. The Morgan fingerprint density at radius 3 is 2.48 bits per heavy atom. The first-order chi connectivity index (χ1) is 9.67. The van der Waals surface area contributed by atoms with Crippen LogP contribution in [0, 0.1) is 0 Å². The average molecular weight is 329 g/mol. The maximum absolute atomic E-state index is 11.6. The van der Waals surface area contributed by atoms with Gasteiger partial charge in [0.1, 0.15) is 0 Å². The Kier molecular flexibility index (Phi) is 6.24. The zero-order valence-corrected chi connectivity index (χ0v) is 13.7. The highest BCUT2D eigenvalue weighted by Gasteiger charge is 2.13. The first kappa shape index (κ1) is 17.5. The van der Waals surface area contributed by atoms with E-state index in [0.717, 1.165) is 0 Å². The fourth-order valence-electron chi connectivity index (χ4n) is 1.49. The largest absolute Gasteiger partial charge is 0.350 e. The number of hydrogen-bond donors (Lipinski definition) is 2. The quantitative estimate of drug-likeness (QED) is 0.834. The first-order valence-corrected chi connectivity index (χ1v) is 7.15. The van der Waals surface area contributed by atoms with Gasteiger partial charge in [-0.15, -0.1) is 0 Å². The van der Waals surface area contributed by atoms with E-state index in [-0.39, 0.29) is 23.9 Å². The van der Waals surface area contributed by atoms with Crippen LogP contribution < -0.4 is 10.6 Å². The third-order valence-electron chi connectivity index (χ3n) is 2.31. The predicted octanol–water partition coefficient (Wildman–Crippen LogP) is 3.04. The summed E-state index contributed by atoms with van der Waals surface area (Å²) in [6.07, 6.45) is 2.88. The van der Waals surface area contributed by atoms with Gasteiger partial charge in [-0.25, -0.2) is 0 Å². The van der Waals surface area contributed by atoms with Crippen molar-refractivity contribution in [3.63, 3.8) is 0 Å². The predicted molar refractivity (Wildman–Crippen MR) is 86.4 cm³/mol. The smallest absolute Gasteiger partial charge is 0.244 e. The van der Waals surface area contributed by atoms with Gasteiger partial charge in [-0.05, 0) is 44.5 Å². The van der Waals surface area contributed by atoms with E-state index in [0.29, 0.717) is 15.6 Å².